The van der Waals surface area contributed by atoms with Gasteiger partial charge in [-0.1, -0.05) is 6.07 Å². The van der Waals surface area contributed by atoms with Gasteiger partial charge in [-0.25, -0.2) is 4.68 Å². The van der Waals surface area contributed by atoms with Crippen molar-refractivity contribution in [1.29, 1.82) is 0 Å². The van der Waals surface area contributed by atoms with Gasteiger partial charge in [-0.15, -0.1) is 0 Å². The van der Waals surface area contributed by atoms with Crippen LogP contribution in [0, 0.1) is 0 Å². The summed E-state index contributed by atoms with van der Waals surface area (Å²) in [6.45, 7) is 0.830. The van der Waals surface area contributed by atoms with Gasteiger partial charge in [0.2, 0.25) is 0 Å². The highest BCUT2D eigenvalue weighted by molar-refractivity contribution is 7.00. The summed E-state index contributed by atoms with van der Waals surface area (Å²) in [6.07, 6.45) is 7.42. The molecule has 1 aromatic carbocycles. The molecule has 3 aromatic rings. The first-order chi connectivity index (χ1) is 9.90. The number of benzene rings is 1. The van der Waals surface area contributed by atoms with Gasteiger partial charge in [-0.2, -0.15) is 13.8 Å². The van der Waals surface area contributed by atoms with Crippen LogP contribution in [0.1, 0.15) is 25.5 Å². The summed E-state index contributed by atoms with van der Waals surface area (Å²) >= 11 is 1.24. The van der Waals surface area contributed by atoms with Crippen molar-refractivity contribution in [3.8, 4) is 11.1 Å². The number of fused-ring (bicyclic) bond motifs is 1. The number of aromatic nitrogens is 4. The van der Waals surface area contributed by atoms with E-state index >= 15 is 0 Å². The minimum absolute atomic E-state index is 0.0853. The van der Waals surface area contributed by atoms with Crippen molar-refractivity contribution in [3.63, 3.8) is 0 Å². The fourth-order valence-corrected chi connectivity index (χ4v) is 3.06. The van der Waals surface area contributed by atoms with Gasteiger partial charge < -0.3 is 4.74 Å². The summed E-state index contributed by atoms with van der Waals surface area (Å²) < 4.78 is 16.2. The van der Waals surface area contributed by atoms with Crippen molar-refractivity contribution in [3.05, 3.63) is 30.6 Å². The Hall–Kier alpha value is -1.79. The van der Waals surface area contributed by atoms with E-state index in [-0.39, 0.29) is 6.23 Å². The number of hydrogen-bond acceptors (Lipinski definition) is 5. The average molecular weight is 286 g/mol. The van der Waals surface area contributed by atoms with E-state index in [1.807, 2.05) is 16.9 Å². The van der Waals surface area contributed by atoms with E-state index in [9.17, 15) is 0 Å². The second-order valence-electron chi connectivity index (χ2n) is 5.00. The molecule has 0 spiro atoms. The maximum Gasteiger partial charge on any atom is 0.150 e. The highest BCUT2D eigenvalue weighted by Gasteiger charge is 2.16. The van der Waals surface area contributed by atoms with Gasteiger partial charge in [-0.3, -0.25) is 0 Å². The van der Waals surface area contributed by atoms with Gasteiger partial charge in [0.05, 0.1) is 17.9 Å². The molecule has 20 heavy (non-hydrogen) atoms. The molecule has 0 aliphatic carbocycles. The Labute approximate surface area is 120 Å². The van der Waals surface area contributed by atoms with Gasteiger partial charge in [-0.05, 0) is 37.0 Å². The minimum atomic E-state index is 0.0853. The van der Waals surface area contributed by atoms with Crippen LogP contribution in [0.2, 0.25) is 0 Å². The zero-order chi connectivity index (χ0) is 13.4. The summed E-state index contributed by atoms with van der Waals surface area (Å²) in [6, 6.07) is 6.12. The third-order valence-corrected chi connectivity index (χ3v) is 4.20. The van der Waals surface area contributed by atoms with E-state index in [4.69, 9.17) is 4.74 Å². The summed E-state index contributed by atoms with van der Waals surface area (Å²) in [5.41, 5.74) is 4.09. The van der Waals surface area contributed by atoms with Crippen molar-refractivity contribution in [2.45, 2.75) is 25.5 Å². The summed E-state index contributed by atoms with van der Waals surface area (Å²) in [4.78, 5) is 0. The monoisotopic (exact) mass is 286 g/mol. The lowest BCUT2D eigenvalue weighted by Gasteiger charge is -2.22. The number of nitrogens with zero attached hydrogens (tertiary/aromatic N) is 4. The first-order valence-corrected chi connectivity index (χ1v) is 7.52. The van der Waals surface area contributed by atoms with Crippen LogP contribution in [0.5, 0.6) is 0 Å². The third kappa shape index (κ3) is 2.10. The predicted molar refractivity (Wildman–Crippen MR) is 77.5 cm³/mol. The molecule has 102 valence electrons. The quantitative estimate of drug-likeness (QED) is 0.725. The average Bonchev–Trinajstić information content (AvgIpc) is 3.16. The fraction of sp³-hybridized carbons (Fsp3) is 0.357. The second-order valence-corrected chi connectivity index (χ2v) is 5.53. The zero-order valence-electron chi connectivity index (χ0n) is 10.9. The van der Waals surface area contributed by atoms with Gasteiger partial charge in [0.1, 0.15) is 17.3 Å². The van der Waals surface area contributed by atoms with Crippen molar-refractivity contribution < 1.29 is 4.74 Å². The van der Waals surface area contributed by atoms with Crippen LogP contribution in [0.4, 0.5) is 0 Å². The molecule has 0 radical (unpaired) electrons. The lowest BCUT2D eigenvalue weighted by atomic mass is 10.1. The molecule has 0 N–H and O–H groups in total. The van der Waals surface area contributed by atoms with Crippen LogP contribution in [-0.2, 0) is 4.74 Å². The van der Waals surface area contributed by atoms with Crippen LogP contribution >= 0.6 is 11.7 Å². The number of hydrogen-bond donors (Lipinski definition) is 0. The molecular formula is C14H14N4OS. The smallest absolute Gasteiger partial charge is 0.150 e. The second kappa shape index (κ2) is 4.96. The first-order valence-electron chi connectivity index (χ1n) is 6.78. The van der Waals surface area contributed by atoms with E-state index in [0.29, 0.717) is 0 Å². The molecule has 3 heterocycles. The molecule has 0 bridgehead atoms. The van der Waals surface area contributed by atoms with Crippen LogP contribution in [0.15, 0.2) is 30.6 Å². The van der Waals surface area contributed by atoms with Gasteiger partial charge in [0.25, 0.3) is 0 Å². The maximum absolute atomic E-state index is 5.75. The summed E-state index contributed by atoms with van der Waals surface area (Å²) in [5.74, 6) is 0. The summed E-state index contributed by atoms with van der Waals surface area (Å²) in [5, 5.41) is 4.44. The largest absolute Gasteiger partial charge is 0.357 e. The molecule has 1 atom stereocenters. The molecule has 1 saturated heterocycles. The first kappa shape index (κ1) is 12.0. The standard InChI is InChI=1S/C14H14N4OS/c1-2-6-19-14(3-1)18-9-11(8-15-18)10-4-5-12-13(7-10)17-20-16-12/h4-5,7-9,14H,1-3,6H2. The van der Waals surface area contributed by atoms with Crippen molar-refractivity contribution in [2.75, 3.05) is 6.61 Å². The maximum atomic E-state index is 5.75. The third-order valence-electron chi connectivity index (χ3n) is 3.64. The lowest BCUT2D eigenvalue weighted by molar-refractivity contribution is -0.0394. The molecule has 1 unspecified atom stereocenters. The molecule has 0 amide bonds. The highest BCUT2D eigenvalue weighted by Crippen LogP contribution is 2.26. The van der Waals surface area contributed by atoms with Crippen LogP contribution < -0.4 is 0 Å². The Morgan fingerprint density at radius 1 is 1.15 bits per heavy atom. The van der Waals surface area contributed by atoms with Crippen LogP contribution in [-0.4, -0.2) is 25.1 Å². The fourth-order valence-electron chi connectivity index (χ4n) is 2.54. The van der Waals surface area contributed by atoms with Gasteiger partial charge in [0, 0.05) is 18.4 Å². The predicted octanol–water partition coefficient (Wildman–Crippen LogP) is 3.25. The van der Waals surface area contributed by atoms with E-state index in [1.165, 1.54) is 18.1 Å². The molecule has 2 aromatic heterocycles. The van der Waals surface area contributed by atoms with Crippen LogP contribution in [0.25, 0.3) is 22.2 Å². The van der Waals surface area contributed by atoms with E-state index in [2.05, 4.69) is 32.2 Å². The molecule has 1 aliphatic heterocycles. The lowest BCUT2D eigenvalue weighted by Crippen LogP contribution is -2.18. The normalized spacial score (nSPS) is 19.5. The summed E-state index contributed by atoms with van der Waals surface area (Å²) in [7, 11) is 0. The molecular weight excluding hydrogens is 272 g/mol. The topological polar surface area (TPSA) is 52.8 Å². The molecule has 0 saturated carbocycles. The number of ether oxygens (including phenoxy) is 1. The van der Waals surface area contributed by atoms with Crippen molar-refractivity contribution in [1.82, 2.24) is 18.5 Å². The zero-order valence-corrected chi connectivity index (χ0v) is 11.7. The SMILES string of the molecule is c1cc2nsnc2cc1-c1cnn(C2CCCCO2)c1. The van der Waals surface area contributed by atoms with Crippen molar-refractivity contribution >= 4 is 22.8 Å². The Morgan fingerprint density at radius 2 is 2.10 bits per heavy atom. The van der Waals surface area contributed by atoms with Crippen LogP contribution in [0.3, 0.4) is 0 Å². The van der Waals surface area contributed by atoms with Gasteiger partial charge in [0.15, 0.2) is 0 Å². The molecule has 5 nitrogen and oxygen atoms in total. The molecule has 6 heteroatoms. The number of rotatable bonds is 2. The minimum Gasteiger partial charge on any atom is -0.357 e. The Bertz CT molecular complexity index is 729. The highest BCUT2D eigenvalue weighted by atomic mass is 32.1. The molecule has 1 fully saturated rings. The Kier molecular flexibility index (Phi) is 2.97. The van der Waals surface area contributed by atoms with Gasteiger partial charge >= 0.3 is 0 Å². The van der Waals surface area contributed by atoms with E-state index in [0.717, 1.165) is 41.6 Å². The van der Waals surface area contributed by atoms with E-state index < -0.39 is 0 Å². The molecule has 1 aliphatic rings. The van der Waals surface area contributed by atoms with E-state index in [1.54, 1.807) is 0 Å². The molecule has 4 rings (SSSR count). The Morgan fingerprint density at radius 3 is 3.00 bits per heavy atom. The van der Waals surface area contributed by atoms with Crippen molar-refractivity contribution in [2.24, 2.45) is 0 Å². The Balaban J connectivity index is 1.66.